The van der Waals surface area contributed by atoms with Gasteiger partial charge in [0.15, 0.2) is 5.96 Å². The molecule has 7 nitrogen and oxygen atoms in total. The number of hydrogen-bond donors (Lipinski definition) is 4. The number of carboxylic acids is 1. The lowest BCUT2D eigenvalue weighted by atomic mass is 9.81. The molecule has 0 spiro atoms. The summed E-state index contributed by atoms with van der Waals surface area (Å²) in [5.41, 5.74) is 11.1. The van der Waals surface area contributed by atoms with E-state index in [1.165, 1.54) is 18.7 Å². The number of aliphatic imine (C=N–C) groups is 1. The highest BCUT2D eigenvalue weighted by atomic mass is 32.2. The van der Waals surface area contributed by atoms with Gasteiger partial charge in [-0.1, -0.05) is 26.7 Å². The highest BCUT2D eigenvalue weighted by Crippen LogP contribution is 2.44. The maximum atomic E-state index is 11.8. The molecular formula is C16H30N4O3S. The van der Waals surface area contributed by atoms with Crippen LogP contribution in [-0.2, 0) is 9.59 Å². The molecule has 0 aromatic carbocycles. The van der Waals surface area contributed by atoms with Gasteiger partial charge < -0.3 is 21.9 Å². The van der Waals surface area contributed by atoms with Gasteiger partial charge in [0.25, 0.3) is 0 Å². The van der Waals surface area contributed by atoms with Crippen LogP contribution in [0.1, 0.15) is 40.0 Å². The normalized spacial score (nSPS) is 27.7. The highest BCUT2D eigenvalue weighted by Gasteiger charge is 2.51. The molecule has 0 saturated heterocycles. The van der Waals surface area contributed by atoms with Crippen LogP contribution in [0.25, 0.3) is 0 Å². The Labute approximate surface area is 148 Å². The summed E-state index contributed by atoms with van der Waals surface area (Å²) in [7, 11) is 0. The van der Waals surface area contributed by atoms with Crippen LogP contribution < -0.4 is 16.8 Å². The van der Waals surface area contributed by atoms with Crippen LogP contribution in [0, 0.1) is 17.8 Å². The molecule has 1 amide bonds. The standard InChI is InChI=1S/C16H30N4O3S/c1-5-9(6-2)13(19-8(3)21)12-11(20-16(17)18)7-10(15(22)23)14(12)24-4/h9-14H,5-7H2,1-4H3,(H,19,21)(H,22,23)(H4,17,18,20)/t10-,11+,12+,13+,14+/m0/s1. The van der Waals surface area contributed by atoms with Crippen molar-refractivity contribution in [2.24, 2.45) is 34.2 Å². The van der Waals surface area contributed by atoms with Gasteiger partial charge in [0.1, 0.15) is 0 Å². The Balaban J connectivity index is 3.31. The Hall–Kier alpha value is -1.44. The van der Waals surface area contributed by atoms with Crippen molar-refractivity contribution >= 4 is 29.6 Å². The molecule has 0 heterocycles. The molecular weight excluding hydrogens is 328 g/mol. The molecule has 0 bridgehead atoms. The number of amides is 1. The number of nitrogens with one attached hydrogen (secondary N) is 1. The number of thioether (sulfide) groups is 1. The Kier molecular flexibility index (Phi) is 7.86. The number of carbonyl (C=O) groups excluding carboxylic acids is 1. The van der Waals surface area contributed by atoms with Crippen molar-refractivity contribution < 1.29 is 14.7 Å². The van der Waals surface area contributed by atoms with Crippen LogP contribution in [0.15, 0.2) is 4.99 Å². The van der Waals surface area contributed by atoms with Gasteiger partial charge in [-0.25, -0.2) is 4.99 Å². The van der Waals surface area contributed by atoms with E-state index in [1.54, 1.807) is 0 Å². The minimum atomic E-state index is -0.834. The van der Waals surface area contributed by atoms with E-state index < -0.39 is 11.9 Å². The minimum absolute atomic E-state index is 0.0398. The first-order chi connectivity index (χ1) is 11.3. The average molecular weight is 359 g/mol. The SMILES string of the molecule is CCC(CC)[C@@H](NC(C)=O)[C@@H]1[C@H](SC)[C@@H](C(=O)O)C[C@H]1N=C(N)N. The van der Waals surface area contributed by atoms with Crippen LogP contribution in [0.5, 0.6) is 0 Å². The fourth-order valence-corrected chi connectivity index (χ4v) is 5.16. The minimum Gasteiger partial charge on any atom is -0.481 e. The van der Waals surface area contributed by atoms with E-state index in [9.17, 15) is 14.7 Å². The first kappa shape index (κ1) is 20.6. The van der Waals surface area contributed by atoms with Crippen molar-refractivity contribution in [3.63, 3.8) is 0 Å². The van der Waals surface area contributed by atoms with Crippen LogP contribution in [-0.4, -0.2) is 46.5 Å². The second-order valence-corrected chi connectivity index (χ2v) is 7.40. The van der Waals surface area contributed by atoms with E-state index in [1.807, 2.05) is 6.26 Å². The smallest absolute Gasteiger partial charge is 0.307 e. The Morgan fingerprint density at radius 2 is 1.92 bits per heavy atom. The maximum absolute atomic E-state index is 11.8. The average Bonchev–Trinajstić information content (AvgIpc) is 2.84. The van der Waals surface area contributed by atoms with E-state index in [0.29, 0.717) is 6.42 Å². The zero-order valence-corrected chi connectivity index (χ0v) is 15.7. The molecule has 6 N–H and O–H groups in total. The molecule has 138 valence electrons. The van der Waals surface area contributed by atoms with Gasteiger partial charge in [-0.05, 0) is 18.6 Å². The number of aliphatic carboxylic acids is 1. The first-order valence-corrected chi connectivity index (χ1v) is 9.66. The molecule has 0 aromatic rings. The number of hydrogen-bond acceptors (Lipinski definition) is 4. The van der Waals surface area contributed by atoms with Gasteiger partial charge in [0.05, 0.1) is 12.0 Å². The molecule has 0 aromatic heterocycles. The number of carboxylic acid groups (broad SMARTS) is 1. The number of nitrogens with two attached hydrogens (primary N) is 2. The van der Waals surface area contributed by atoms with Crippen molar-refractivity contribution in [3.05, 3.63) is 0 Å². The van der Waals surface area contributed by atoms with Gasteiger partial charge in [0.2, 0.25) is 5.91 Å². The van der Waals surface area contributed by atoms with Crippen LogP contribution in [0.2, 0.25) is 0 Å². The lowest BCUT2D eigenvalue weighted by molar-refractivity contribution is -0.141. The number of guanidine groups is 1. The quantitative estimate of drug-likeness (QED) is 0.378. The monoisotopic (exact) mass is 358 g/mol. The highest BCUT2D eigenvalue weighted by molar-refractivity contribution is 7.99. The number of carbonyl (C=O) groups is 2. The molecule has 8 heteroatoms. The Morgan fingerprint density at radius 1 is 1.33 bits per heavy atom. The third-order valence-corrected chi connectivity index (χ3v) is 6.15. The zero-order chi connectivity index (χ0) is 18.4. The molecule has 1 saturated carbocycles. The second kappa shape index (κ2) is 9.15. The third-order valence-electron chi connectivity index (χ3n) is 4.96. The van der Waals surface area contributed by atoms with Crippen molar-refractivity contribution in [2.75, 3.05) is 6.26 Å². The lowest BCUT2D eigenvalue weighted by Crippen LogP contribution is -2.50. The van der Waals surface area contributed by atoms with E-state index >= 15 is 0 Å². The van der Waals surface area contributed by atoms with E-state index in [2.05, 4.69) is 24.2 Å². The summed E-state index contributed by atoms with van der Waals surface area (Å²) < 4.78 is 0. The Bertz CT molecular complexity index is 478. The van der Waals surface area contributed by atoms with Crippen molar-refractivity contribution in [3.8, 4) is 0 Å². The van der Waals surface area contributed by atoms with E-state index in [-0.39, 0.29) is 41.0 Å². The maximum Gasteiger partial charge on any atom is 0.307 e. The summed E-state index contributed by atoms with van der Waals surface area (Å²) in [4.78, 5) is 27.8. The van der Waals surface area contributed by atoms with Gasteiger partial charge in [-0.2, -0.15) is 11.8 Å². The first-order valence-electron chi connectivity index (χ1n) is 8.38. The fourth-order valence-electron chi connectivity index (χ4n) is 3.93. The predicted molar refractivity (Wildman–Crippen MR) is 97.8 cm³/mol. The summed E-state index contributed by atoms with van der Waals surface area (Å²) in [5.74, 6) is -1.38. The molecule has 1 rings (SSSR count). The molecule has 1 aliphatic carbocycles. The molecule has 0 radical (unpaired) electrons. The molecule has 0 aliphatic heterocycles. The van der Waals surface area contributed by atoms with Crippen molar-refractivity contribution in [1.29, 1.82) is 0 Å². The topological polar surface area (TPSA) is 131 Å². The second-order valence-electron chi connectivity index (χ2n) is 6.38. The van der Waals surface area contributed by atoms with Crippen molar-refractivity contribution in [1.82, 2.24) is 5.32 Å². The molecule has 24 heavy (non-hydrogen) atoms. The van der Waals surface area contributed by atoms with Gasteiger partial charge in [-0.3, -0.25) is 9.59 Å². The molecule has 1 fully saturated rings. The molecule has 1 aliphatic rings. The molecule has 0 unspecified atom stereocenters. The largest absolute Gasteiger partial charge is 0.481 e. The van der Waals surface area contributed by atoms with Crippen LogP contribution in [0.4, 0.5) is 0 Å². The summed E-state index contributed by atoms with van der Waals surface area (Å²) in [5, 5.41) is 12.5. The van der Waals surface area contributed by atoms with Gasteiger partial charge in [-0.15, -0.1) is 0 Å². The Morgan fingerprint density at radius 3 is 2.29 bits per heavy atom. The fraction of sp³-hybridized carbons (Fsp3) is 0.812. The van der Waals surface area contributed by atoms with Crippen molar-refractivity contribution in [2.45, 2.75) is 57.4 Å². The summed E-state index contributed by atoms with van der Waals surface area (Å²) >= 11 is 1.52. The van der Waals surface area contributed by atoms with Crippen LogP contribution >= 0.6 is 11.8 Å². The predicted octanol–water partition coefficient (Wildman–Crippen LogP) is 1.02. The summed E-state index contributed by atoms with van der Waals surface area (Å²) in [6.45, 7) is 5.65. The van der Waals surface area contributed by atoms with Gasteiger partial charge in [0, 0.05) is 24.1 Å². The summed E-state index contributed by atoms with van der Waals surface area (Å²) in [6.07, 6.45) is 4.08. The van der Waals surface area contributed by atoms with E-state index in [4.69, 9.17) is 11.5 Å². The number of rotatable bonds is 8. The lowest BCUT2D eigenvalue weighted by Gasteiger charge is -2.36. The summed E-state index contributed by atoms with van der Waals surface area (Å²) in [6, 6.07) is -0.446. The zero-order valence-electron chi connectivity index (χ0n) is 14.9. The number of nitrogens with zero attached hydrogens (tertiary/aromatic N) is 1. The molecule has 5 atom stereocenters. The third kappa shape index (κ3) is 4.78. The van der Waals surface area contributed by atoms with Gasteiger partial charge >= 0.3 is 5.97 Å². The van der Waals surface area contributed by atoms with Crippen LogP contribution in [0.3, 0.4) is 0 Å². The van der Waals surface area contributed by atoms with E-state index in [0.717, 1.165) is 12.8 Å².